The van der Waals surface area contributed by atoms with Gasteiger partial charge in [0.25, 0.3) is 0 Å². The molecule has 0 bridgehead atoms. The Morgan fingerprint density at radius 2 is 1.72 bits per heavy atom. The van der Waals surface area contributed by atoms with Gasteiger partial charge in [-0.2, -0.15) is 12.7 Å². The summed E-state index contributed by atoms with van der Waals surface area (Å²) in [5.74, 6) is -0.316. The number of hydrogen-bond acceptors (Lipinski definition) is 5. The van der Waals surface area contributed by atoms with Gasteiger partial charge in [0.1, 0.15) is 11.4 Å². The van der Waals surface area contributed by atoms with Crippen LogP contribution in [-0.2, 0) is 28.0 Å². The smallest absolute Gasteiger partial charge is 0.422 e. The average molecular weight is 517 g/mol. The summed E-state index contributed by atoms with van der Waals surface area (Å²) in [5, 5.41) is 2.86. The van der Waals surface area contributed by atoms with Crippen LogP contribution in [0.2, 0.25) is 0 Å². The highest BCUT2D eigenvalue weighted by atomic mass is 32.2. The van der Waals surface area contributed by atoms with Crippen LogP contribution in [0.3, 0.4) is 0 Å². The van der Waals surface area contributed by atoms with Gasteiger partial charge in [0.05, 0.1) is 0 Å². The van der Waals surface area contributed by atoms with Crippen molar-refractivity contribution in [3.8, 4) is 0 Å². The Bertz CT molecular complexity index is 1300. The third-order valence-corrected chi connectivity index (χ3v) is 7.24. The van der Waals surface area contributed by atoms with Crippen molar-refractivity contribution >= 4 is 33.6 Å². The molecule has 2 aliphatic rings. The lowest BCUT2D eigenvalue weighted by molar-refractivity contribution is 0.0567. The molecule has 2 aromatic rings. The van der Waals surface area contributed by atoms with Crippen molar-refractivity contribution in [1.82, 2.24) is 13.9 Å². The van der Waals surface area contributed by atoms with Gasteiger partial charge in [-0.3, -0.25) is 0 Å². The van der Waals surface area contributed by atoms with E-state index in [1.54, 1.807) is 49.9 Å². The summed E-state index contributed by atoms with van der Waals surface area (Å²) in [5.41, 5.74) is 3.43. The molecule has 9 nitrogen and oxygen atoms in total. The van der Waals surface area contributed by atoms with Crippen LogP contribution < -0.4 is 10.0 Å². The number of urea groups is 1. The normalized spacial score (nSPS) is 16.2. The van der Waals surface area contributed by atoms with Crippen LogP contribution in [-0.4, -0.2) is 48.4 Å². The fourth-order valence-electron chi connectivity index (χ4n) is 4.08. The van der Waals surface area contributed by atoms with E-state index in [-0.39, 0.29) is 24.9 Å². The Hall–Kier alpha value is -3.44. The number of ether oxygens (including phenoxy) is 1. The highest BCUT2D eigenvalue weighted by Crippen LogP contribution is 2.27. The number of anilines is 1. The van der Waals surface area contributed by atoms with Crippen LogP contribution in [0.4, 0.5) is 19.7 Å². The average Bonchev–Trinajstić information content (AvgIpc) is 3.21. The fourth-order valence-corrected chi connectivity index (χ4v) is 5.06. The topological polar surface area (TPSA) is 108 Å². The molecule has 2 N–H and O–H groups in total. The number of rotatable bonds is 4. The van der Waals surface area contributed by atoms with Gasteiger partial charge in [-0.25, -0.2) is 18.7 Å². The second kappa shape index (κ2) is 9.90. The van der Waals surface area contributed by atoms with Crippen molar-refractivity contribution in [2.45, 2.75) is 45.9 Å². The van der Waals surface area contributed by atoms with Gasteiger partial charge in [-0.05, 0) is 73.7 Å². The number of benzene rings is 2. The zero-order chi connectivity index (χ0) is 26.1. The lowest BCUT2D eigenvalue weighted by Gasteiger charge is -2.27. The van der Waals surface area contributed by atoms with Gasteiger partial charge >= 0.3 is 22.3 Å². The Morgan fingerprint density at radius 1 is 1.03 bits per heavy atom. The Labute approximate surface area is 210 Å². The molecule has 2 aromatic carbocycles. The lowest BCUT2D eigenvalue weighted by Crippen LogP contribution is -2.46. The molecule has 0 aliphatic carbocycles. The molecule has 0 fully saturated rings. The van der Waals surface area contributed by atoms with Crippen LogP contribution in [0.15, 0.2) is 48.5 Å². The molecule has 0 radical (unpaired) electrons. The first-order valence-electron chi connectivity index (χ1n) is 11.5. The summed E-state index contributed by atoms with van der Waals surface area (Å²) in [4.78, 5) is 26.1. The summed E-state index contributed by atoms with van der Waals surface area (Å²) in [7, 11) is -4.02. The van der Waals surface area contributed by atoms with Crippen molar-refractivity contribution < 1.29 is 27.1 Å². The van der Waals surface area contributed by atoms with Crippen molar-refractivity contribution in [3.05, 3.63) is 71.0 Å². The van der Waals surface area contributed by atoms with Crippen LogP contribution in [0.1, 0.15) is 43.9 Å². The van der Waals surface area contributed by atoms with Crippen LogP contribution in [0.5, 0.6) is 0 Å². The van der Waals surface area contributed by atoms with Crippen molar-refractivity contribution in [2.24, 2.45) is 0 Å². The van der Waals surface area contributed by atoms with Crippen molar-refractivity contribution in [1.29, 1.82) is 0 Å². The SMILES string of the molecule is CC(C)(C)OC(=O)NS(=O)(=O)N1CC=C(c2ccc(NC(=O)N3Cc4ccc(F)cc4C3)cc2)CC1. The van der Waals surface area contributed by atoms with E-state index in [9.17, 15) is 22.4 Å². The molecule has 0 saturated carbocycles. The lowest BCUT2D eigenvalue weighted by atomic mass is 10.0. The van der Waals surface area contributed by atoms with E-state index in [1.165, 1.54) is 16.4 Å². The third kappa shape index (κ3) is 6.21. The number of nitrogens with one attached hydrogen (secondary N) is 2. The maximum Gasteiger partial charge on any atom is 0.422 e. The summed E-state index contributed by atoms with van der Waals surface area (Å²) in [6.07, 6.45) is 1.25. The number of halogens is 1. The second-order valence-corrected chi connectivity index (χ2v) is 11.4. The van der Waals surface area contributed by atoms with E-state index in [0.29, 0.717) is 25.2 Å². The fraction of sp³-hybridized carbons (Fsp3) is 0.360. The maximum atomic E-state index is 13.4. The molecule has 36 heavy (non-hydrogen) atoms. The van der Waals surface area contributed by atoms with Crippen molar-refractivity contribution in [2.75, 3.05) is 18.4 Å². The molecule has 2 heterocycles. The Morgan fingerprint density at radius 3 is 2.36 bits per heavy atom. The molecule has 11 heteroatoms. The molecule has 0 saturated heterocycles. The van der Waals surface area contributed by atoms with E-state index in [0.717, 1.165) is 22.3 Å². The Balaban J connectivity index is 1.32. The van der Waals surface area contributed by atoms with Gasteiger partial charge < -0.3 is 15.0 Å². The molecule has 0 spiro atoms. The minimum Gasteiger partial charge on any atom is -0.443 e. The molecule has 3 amide bonds. The number of amides is 3. The number of hydrogen-bond donors (Lipinski definition) is 2. The first kappa shape index (κ1) is 25.6. The highest BCUT2D eigenvalue weighted by Gasteiger charge is 2.29. The first-order chi connectivity index (χ1) is 16.9. The number of carbonyl (C=O) groups is 2. The predicted molar refractivity (Wildman–Crippen MR) is 134 cm³/mol. The molecular formula is C25H29FN4O5S. The first-order valence-corrected chi connectivity index (χ1v) is 13.0. The van der Waals surface area contributed by atoms with Crippen LogP contribution in [0, 0.1) is 5.82 Å². The van der Waals surface area contributed by atoms with Crippen LogP contribution in [0.25, 0.3) is 5.57 Å². The van der Waals surface area contributed by atoms with Gasteiger partial charge in [-0.1, -0.05) is 24.3 Å². The second-order valence-electron chi connectivity index (χ2n) is 9.72. The molecule has 0 atom stereocenters. The van der Waals surface area contributed by atoms with Crippen LogP contribution >= 0.6 is 0 Å². The number of carbonyl (C=O) groups excluding carboxylic acids is 2. The zero-order valence-electron chi connectivity index (χ0n) is 20.4. The minimum atomic E-state index is -4.02. The van der Waals surface area contributed by atoms with E-state index in [4.69, 9.17) is 4.74 Å². The monoisotopic (exact) mass is 516 g/mol. The zero-order valence-corrected chi connectivity index (χ0v) is 21.2. The summed E-state index contributed by atoms with van der Waals surface area (Å²) < 4.78 is 46.6. The standard InChI is InChI=1S/C25H29FN4O5S/c1-25(2,3)35-24(32)28-36(33,34)30-12-10-18(11-13-30)17-5-8-22(9-6-17)27-23(31)29-15-19-4-7-21(26)14-20(19)16-29/h4-10,14H,11-13,15-16H2,1-3H3,(H,27,31)(H,28,32). The molecule has 2 aliphatic heterocycles. The number of fused-ring (bicyclic) bond motifs is 1. The summed E-state index contributed by atoms with van der Waals surface area (Å²) in [6.45, 7) is 6.06. The van der Waals surface area contributed by atoms with Gasteiger partial charge in [0, 0.05) is 31.9 Å². The summed E-state index contributed by atoms with van der Waals surface area (Å²) >= 11 is 0. The van der Waals surface area contributed by atoms with Gasteiger partial charge in [0.2, 0.25) is 0 Å². The third-order valence-electron chi connectivity index (χ3n) is 5.81. The maximum absolute atomic E-state index is 13.4. The quantitative estimate of drug-likeness (QED) is 0.632. The minimum absolute atomic E-state index is 0.113. The molecule has 0 unspecified atom stereocenters. The van der Waals surface area contributed by atoms with E-state index >= 15 is 0 Å². The van der Waals surface area contributed by atoms with Gasteiger partial charge in [-0.15, -0.1) is 0 Å². The van der Waals surface area contributed by atoms with E-state index in [1.807, 2.05) is 16.9 Å². The van der Waals surface area contributed by atoms with Crippen molar-refractivity contribution in [3.63, 3.8) is 0 Å². The molecular weight excluding hydrogens is 487 g/mol. The molecule has 192 valence electrons. The highest BCUT2D eigenvalue weighted by molar-refractivity contribution is 7.87. The molecule has 0 aromatic heterocycles. The molecule has 4 rings (SSSR count). The number of nitrogens with zero attached hydrogens (tertiary/aromatic N) is 2. The predicted octanol–water partition coefficient (Wildman–Crippen LogP) is 4.23. The van der Waals surface area contributed by atoms with E-state index in [2.05, 4.69) is 5.32 Å². The largest absolute Gasteiger partial charge is 0.443 e. The van der Waals surface area contributed by atoms with E-state index < -0.39 is 21.9 Å². The Kier molecular flexibility index (Phi) is 7.05. The van der Waals surface area contributed by atoms with Gasteiger partial charge in [0.15, 0.2) is 0 Å². The summed E-state index contributed by atoms with van der Waals surface area (Å²) in [6, 6.07) is 11.6.